The molecule has 1 amide bonds. The molecule has 1 saturated heterocycles. The summed E-state index contributed by atoms with van der Waals surface area (Å²) in [6.45, 7) is 10.1. The van der Waals surface area contributed by atoms with Crippen LogP contribution in [0.5, 0.6) is 0 Å². The van der Waals surface area contributed by atoms with Gasteiger partial charge in [0.2, 0.25) is 5.91 Å². The molecule has 144 valence electrons. The zero-order chi connectivity index (χ0) is 19.1. The maximum absolute atomic E-state index is 13.2. The Labute approximate surface area is 162 Å². The van der Waals surface area contributed by atoms with E-state index in [0.29, 0.717) is 0 Å². The summed E-state index contributed by atoms with van der Waals surface area (Å²) in [5.41, 5.74) is 2.19. The molecule has 2 heterocycles. The fourth-order valence-electron chi connectivity index (χ4n) is 3.75. The molecule has 0 saturated carbocycles. The fourth-order valence-corrected chi connectivity index (χ4v) is 3.75. The van der Waals surface area contributed by atoms with Crippen LogP contribution in [0.25, 0.3) is 0 Å². The SMILES string of the molecule is CCN(CC)C(=O)C(c1ccccc1)N1CCN(Cc2ccccn2)CC1. The molecule has 0 bridgehead atoms. The second-order valence-corrected chi connectivity index (χ2v) is 6.96. The summed E-state index contributed by atoms with van der Waals surface area (Å²) in [7, 11) is 0. The third kappa shape index (κ3) is 4.93. The number of nitrogens with zero attached hydrogens (tertiary/aromatic N) is 4. The largest absolute Gasteiger partial charge is 0.342 e. The standard InChI is InChI=1S/C22H30N4O/c1-3-25(4-2)22(27)21(19-10-6-5-7-11-19)26-16-14-24(15-17-26)18-20-12-8-9-13-23-20/h5-13,21H,3-4,14-18H2,1-2H3. The number of benzene rings is 1. The number of amides is 1. The summed E-state index contributed by atoms with van der Waals surface area (Å²) in [5, 5.41) is 0. The minimum Gasteiger partial charge on any atom is -0.342 e. The molecule has 0 N–H and O–H groups in total. The van der Waals surface area contributed by atoms with Gasteiger partial charge in [0.15, 0.2) is 0 Å². The lowest BCUT2D eigenvalue weighted by Crippen LogP contribution is -2.51. The van der Waals surface area contributed by atoms with Crippen molar-refractivity contribution < 1.29 is 4.79 Å². The van der Waals surface area contributed by atoms with Crippen molar-refractivity contribution in [1.82, 2.24) is 19.7 Å². The summed E-state index contributed by atoms with van der Waals surface area (Å²) < 4.78 is 0. The highest BCUT2D eigenvalue weighted by Gasteiger charge is 2.32. The number of likely N-dealkylation sites (N-methyl/N-ethyl adjacent to an activating group) is 1. The minimum atomic E-state index is -0.192. The van der Waals surface area contributed by atoms with Crippen molar-refractivity contribution in [2.45, 2.75) is 26.4 Å². The molecule has 1 aromatic heterocycles. The van der Waals surface area contributed by atoms with Crippen LogP contribution in [-0.2, 0) is 11.3 Å². The summed E-state index contributed by atoms with van der Waals surface area (Å²) in [6, 6.07) is 16.1. The molecule has 27 heavy (non-hydrogen) atoms. The van der Waals surface area contributed by atoms with Gasteiger partial charge in [-0.15, -0.1) is 0 Å². The van der Waals surface area contributed by atoms with E-state index >= 15 is 0 Å². The summed E-state index contributed by atoms with van der Waals surface area (Å²) in [5.74, 6) is 0.212. The van der Waals surface area contributed by atoms with Crippen LogP contribution in [0.2, 0.25) is 0 Å². The van der Waals surface area contributed by atoms with Gasteiger partial charge in [-0.25, -0.2) is 0 Å². The second-order valence-electron chi connectivity index (χ2n) is 6.96. The molecule has 1 fully saturated rings. The smallest absolute Gasteiger partial charge is 0.244 e. The number of carbonyl (C=O) groups excluding carboxylic acids is 1. The molecule has 1 unspecified atom stereocenters. The van der Waals surface area contributed by atoms with Crippen LogP contribution in [0.4, 0.5) is 0 Å². The molecule has 5 nitrogen and oxygen atoms in total. The topological polar surface area (TPSA) is 39.7 Å². The molecule has 3 rings (SSSR count). The van der Waals surface area contributed by atoms with Gasteiger partial charge < -0.3 is 4.90 Å². The van der Waals surface area contributed by atoms with E-state index in [9.17, 15) is 4.79 Å². The zero-order valence-electron chi connectivity index (χ0n) is 16.4. The molecule has 0 radical (unpaired) electrons. The van der Waals surface area contributed by atoms with E-state index in [1.54, 1.807) is 0 Å². The number of hydrogen-bond donors (Lipinski definition) is 0. The first-order valence-electron chi connectivity index (χ1n) is 9.93. The van der Waals surface area contributed by atoms with Crippen LogP contribution in [0.1, 0.15) is 31.1 Å². The minimum absolute atomic E-state index is 0.192. The van der Waals surface area contributed by atoms with Gasteiger partial charge >= 0.3 is 0 Å². The normalized spacial score (nSPS) is 16.8. The highest BCUT2D eigenvalue weighted by Crippen LogP contribution is 2.25. The van der Waals surface area contributed by atoms with E-state index in [0.717, 1.165) is 57.1 Å². The molecular formula is C22H30N4O. The number of pyridine rings is 1. The molecule has 1 aliphatic heterocycles. The average molecular weight is 367 g/mol. The maximum atomic E-state index is 13.2. The Hall–Kier alpha value is -2.24. The molecular weight excluding hydrogens is 336 g/mol. The third-order valence-corrected chi connectivity index (χ3v) is 5.31. The van der Waals surface area contributed by atoms with Gasteiger partial charge in [-0.2, -0.15) is 0 Å². The van der Waals surface area contributed by atoms with Crippen LogP contribution >= 0.6 is 0 Å². The van der Waals surface area contributed by atoms with Crippen LogP contribution in [-0.4, -0.2) is 64.9 Å². The van der Waals surface area contributed by atoms with Gasteiger partial charge in [-0.1, -0.05) is 36.4 Å². The Bertz CT molecular complexity index is 695. The summed E-state index contributed by atoms with van der Waals surface area (Å²) in [6.07, 6.45) is 1.85. The Morgan fingerprint density at radius 3 is 2.26 bits per heavy atom. The Morgan fingerprint density at radius 1 is 1.00 bits per heavy atom. The van der Waals surface area contributed by atoms with E-state index in [4.69, 9.17) is 0 Å². The van der Waals surface area contributed by atoms with Gasteiger partial charge in [0.05, 0.1) is 5.69 Å². The van der Waals surface area contributed by atoms with E-state index in [1.165, 1.54) is 0 Å². The lowest BCUT2D eigenvalue weighted by atomic mass is 10.0. The van der Waals surface area contributed by atoms with Gasteiger partial charge in [0.1, 0.15) is 6.04 Å². The molecule has 1 aromatic carbocycles. The first-order valence-corrected chi connectivity index (χ1v) is 9.93. The molecule has 1 atom stereocenters. The first-order chi connectivity index (χ1) is 13.2. The number of piperazine rings is 1. The number of rotatable bonds is 7. The number of carbonyl (C=O) groups is 1. The van der Waals surface area contributed by atoms with E-state index in [2.05, 4.69) is 33.0 Å². The number of hydrogen-bond acceptors (Lipinski definition) is 4. The molecule has 2 aromatic rings. The maximum Gasteiger partial charge on any atom is 0.244 e. The van der Waals surface area contributed by atoms with Gasteiger partial charge in [-0.3, -0.25) is 19.6 Å². The van der Waals surface area contributed by atoms with E-state index in [-0.39, 0.29) is 11.9 Å². The van der Waals surface area contributed by atoms with Crippen molar-refractivity contribution in [3.63, 3.8) is 0 Å². The number of aromatic nitrogens is 1. The van der Waals surface area contributed by atoms with Crippen molar-refractivity contribution in [3.05, 3.63) is 66.0 Å². The van der Waals surface area contributed by atoms with Crippen molar-refractivity contribution in [2.75, 3.05) is 39.3 Å². The van der Waals surface area contributed by atoms with Crippen molar-refractivity contribution in [2.24, 2.45) is 0 Å². The second kappa shape index (κ2) is 9.62. The van der Waals surface area contributed by atoms with Crippen molar-refractivity contribution in [3.8, 4) is 0 Å². The zero-order valence-corrected chi connectivity index (χ0v) is 16.4. The monoisotopic (exact) mass is 366 g/mol. The predicted molar refractivity (Wildman–Crippen MR) is 108 cm³/mol. The lowest BCUT2D eigenvalue weighted by Gasteiger charge is -2.40. The Morgan fingerprint density at radius 2 is 1.67 bits per heavy atom. The van der Waals surface area contributed by atoms with Crippen molar-refractivity contribution >= 4 is 5.91 Å². The van der Waals surface area contributed by atoms with Gasteiger partial charge in [0.25, 0.3) is 0 Å². The quantitative estimate of drug-likeness (QED) is 0.755. The molecule has 0 spiro atoms. The van der Waals surface area contributed by atoms with Crippen LogP contribution in [0.15, 0.2) is 54.7 Å². The molecule has 1 aliphatic rings. The Kier molecular flexibility index (Phi) is 6.96. The lowest BCUT2D eigenvalue weighted by molar-refractivity contribution is -0.137. The predicted octanol–water partition coefficient (Wildman–Crippen LogP) is 2.81. The Balaban J connectivity index is 1.70. The van der Waals surface area contributed by atoms with E-state index in [1.807, 2.05) is 55.3 Å². The van der Waals surface area contributed by atoms with Crippen LogP contribution in [0, 0.1) is 0 Å². The van der Waals surface area contributed by atoms with Gasteiger partial charge in [-0.05, 0) is 31.5 Å². The van der Waals surface area contributed by atoms with Crippen LogP contribution in [0.3, 0.4) is 0 Å². The van der Waals surface area contributed by atoms with Crippen LogP contribution < -0.4 is 0 Å². The fraction of sp³-hybridized carbons (Fsp3) is 0.455. The average Bonchev–Trinajstić information content (AvgIpc) is 2.72. The highest BCUT2D eigenvalue weighted by molar-refractivity contribution is 5.83. The molecule has 0 aliphatic carbocycles. The summed E-state index contributed by atoms with van der Waals surface area (Å²) in [4.78, 5) is 24.4. The van der Waals surface area contributed by atoms with E-state index < -0.39 is 0 Å². The first kappa shape index (κ1) is 19.5. The van der Waals surface area contributed by atoms with Gasteiger partial charge in [0, 0.05) is 52.0 Å². The summed E-state index contributed by atoms with van der Waals surface area (Å²) >= 11 is 0. The molecule has 5 heteroatoms. The van der Waals surface area contributed by atoms with Crippen molar-refractivity contribution in [1.29, 1.82) is 0 Å². The highest BCUT2D eigenvalue weighted by atomic mass is 16.2. The third-order valence-electron chi connectivity index (χ3n) is 5.31.